The van der Waals surface area contributed by atoms with Gasteiger partial charge in [-0.25, -0.2) is 4.57 Å². The van der Waals surface area contributed by atoms with E-state index in [1.54, 1.807) is 0 Å². The maximum Gasteiger partial charge on any atom is 0.169 e. The predicted molar refractivity (Wildman–Crippen MR) is 134 cm³/mol. The van der Waals surface area contributed by atoms with Crippen molar-refractivity contribution in [1.29, 1.82) is 0 Å². The number of aromatic nitrogens is 1. The van der Waals surface area contributed by atoms with Crippen molar-refractivity contribution in [3.05, 3.63) is 30.1 Å². The van der Waals surface area contributed by atoms with Crippen molar-refractivity contribution in [2.75, 3.05) is 0 Å². The van der Waals surface area contributed by atoms with Gasteiger partial charge in [0.15, 0.2) is 12.4 Å². The molecule has 1 rings (SSSR count). The summed E-state index contributed by atoms with van der Waals surface area (Å²) < 4.78 is 2.38. The van der Waals surface area contributed by atoms with Crippen molar-refractivity contribution in [3.8, 4) is 0 Å². The van der Waals surface area contributed by atoms with Crippen molar-refractivity contribution >= 4 is 0 Å². The molecular formula is C29H54ClN. The molecule has 0 N–H and O–H groups in total. The Labute approximate surface area is 202 Å². The van der Waals surface area contributed by atoms with Crippen LogP contribution in [0.2, 0.25) is 0 Å². The molecule has 0 aromatic carbocycles. The first kappa shape index (κ1) is 30.4. The first-order valence-corrected chi connectivity index (χ1v) is 13.8. The van der Waals surface area contributed by atoms with Gasteiger partial charge < -0.3 is 12.4 Å². The van der Waals surface area contributed by atoms with Crippen LogP contribution in [0.3, 0.4) is 0 Å². The molecule has 0 bridgehead atoms. The molecule has 1 nitrogen and oxygen atoms in total. The SMILES string of the molecule is CCCCCCCCCCCCCCCC[n+]1ccc(CCCCCCCC)cc1.[Cl-]. The number of halogens is 1. The predicted octanol–water partition coefficient (Wildman–Crippen LogP) is 6.36. The molecule has 0 amide bonds. The van der Waals surface area contributed by atoms with Gasteiger partial charge in [-0.15, -0.1) is 0 Å². The van der Waals surface area contributed by atoms with Crippen LogP contribution in [0, 0.1) is 0 Å². The molecule has 1 aromatic heterocycles. The molecule has 0 fully saturated rings. The topological polar surface area (TPSA) is 3.88 Å². The minimum absolute atomic E-state index is 0. The smallest absolute Gasteiger partial charge is 0.169 e. The molecule has 0 aliphatic heterocycles. The molecule has 0 radical (unpaired) electrons. The largest absolute Gasteiger partial charge is 1.00 e. The summed E-state index contributed by atoms with van der Waals surface area (Å²) in [6, 6.07) is 4.69. The van der Waals surface area contributed by atoms with Gasteiger partial charge in [0.25, 0.3) is 0 Å². The molecule has 0 aliphatic rings. The van der Waals surface area contributed by atoms with Gasteiger partial charge in [0, 0.05) is 18.6 Å². The summed E-state index contributed by atoms with van der Waals surface area (Å²) in [5.74, 6) is 0. The summed E-state index contributed by atoms with van der Waals surface area (Å²) in [4.78, 5) is 0. The number of hydrogen-bond donors (Lipinski definition) is 0. The maximum atomic E-state index is 2.38. The van der Waals surface area contributed by atoms with Gasteiger partial charge >= 0.3 is 0 Å². The molecule has 0 spiro atoms. The molecule has 0 aliphatic carbocycles. The van der Waals surface area contributed by atoms with Crippen LogP contribution in [0.15, 0.2) is 24.5 Å². The lowest BCUT2D eigenvalue weighted by molar-refractivity contribution is -0.697. The van der Waals surface area contributed by atoms with Crippen LogP contribution in [-0.2, 0) is 13.0 Å². The number of pyridine rings is 1. The highest BCUT2D eigenvalue weighted by Gasteiger charge is 2.02. The fourth-order valence-electron chi connectivity index (χ4n) is 4.40. The first-order valence-electron chi connectivity index (χ1n) is 13.8. The van der Waals surface area contributed by atoms with Crippen LogP contribution in [-0.4, -0.2) is 0 Å². The van der Waals surface area contributed by atoms with Gasteiger partial charge in [0.2, 0.25) is 0 Å². The van der Waals surface area contributed by atoms with Crippen LogP contribution in [0.4, 0.5) is 0 Å². The summed E-state index contributed by atoms with van der Waals surface area (Å²) >= 11 is 0. The van der Waals surface area contributed by atoms with Crippen molar-refractivity contribution in [3.63, 3.8) is 0 Å². The minimum atomic E-state index is 0. The molecular weight excluding hydrogens is 398 g/mol. The number of nitrogens with zero attached hydrogens (tertiary/aromatic N) is 1. The third-order valence-corrected chi connectivity index (χ3v) is 6.55. The lowest BCUT2D eigenvalue weighted by Crippen LogP contribution is -3.00. The van der Waals surface area contributed by atoms with E-state index in [1.807, 2.05) is 0 Å². The monoisotopic (exact) mass is 451 g/mol. The third kappa shape index (κ3) is 19.8. The van der Waals surface area contributed by atoms with Crippen LogP contribution >= 0.6 is 0 Å². The molecule has 0 unspecified atom stereocenters. The molecule has 1 aromatic rings. The van der Waals surface area contributed by atoms with Gasteiger partial charge in [0.1, 0.15) is 6.54 Å². The fraction of sp³-hybridized carbons (Fsp3) is 0.828. The van der Waals surface area contributed by atoms with Gasteiger partial charge in [-0.05, 0) is 24.8 Å². The summed E-state index contributed by atoms with van der Waals surface area (Å²) in [6.07, 6.45) is 34.3. The molecule has 0 saturated heterocycles. The van der Waals surface area contributed by atoms with Gasteiger partial charge in [-0.3, -0.25) is 0 Å². The second kappa shape index (κ2) is 24.1. The van der Waals surface area contributed by atoms with Gasteiger partial charge in [-0.1, -0.05) is 123 Å². The molecule has 2 heteroatoms. The number of rotatable bonds is 22. The molecule has 1 heterocycles. The van der Waals surface area contributed by atoms with Crippen molar-refractivity contribution < 1.29 is 17.0 Å². The Morgan fingerprint density at radius 2 is 0.839 bits per heavy atom. The molecule has 0 atom stereocenters. The zero-order valence-corrected chi connectivity index (χ0v) is 21.9. The Morgan fingerprint density at radius 1 is 0.484 bits per heavy atom. The molecule has 31 heavy (non-hydrogen) atoms. The average Bonchev–Trinajstić information content (AvgIpc) is 2.77. The maximum absolute atomic E-state index is 2.38. The Hall–Kier alpha value is -0.560. The van der Waals surface area contributed by atoms with Gasteiger partial charge in [0.05, 0.1) is 0 Å². The van der Waals surface area contributed by atoms with E-state index in [0.717, 1.165) is 0 Å². The quantitative estimate of drug-likeness (QED) is 0.142. The highest BCUT2D eigenvalue weighted by molar-refractivity contribution is 5.07. The summed E-state index contributed by atoms with van der Waals surface area (Å²) in [6.45, 7) is 5.78. The standard InChI is InChI=1S/C29H54N.ClH/c1-3-5-7-9-11-12-13-14-15-16-17-18-20-22-26-30-27-24-29(25-28-30)23-21-19-10-8-6-4-2;/h24-25,27-28H,3-23,26H2,1-2H3;1H/q+1;/p-1. The van der Waals surface area contributed by atoms with Crippen molar-refractivity contribution in [2.45, 2.75) is 155 Å². The van der Waals surface area contributed by atoms with Crippen LogP contribution in [0.25, 0.3) is 0 Å². The summed E-state index contributed by atoms with van der Waals surface area (Å²) in [5.41, 5.74) is 1.52. The second-order valence-corrected chi connectivity index (χ2v) is 9.56. The van der Waals surface area contributed by atoms with E-state index in [1.165, 1.54) is 147 Å². The Morgan fingerprint density at radius 3 is 1.26 bits per heavy atom. The zero-order chi connectivity index (χ0) is 21.5. The van der Waals surface area contributed by atoms with E-state index in [0.29, 0.717) is 0 Å². The van der Waals surface area contributed by atoms with Crippen LogP contribution in [0.5, 0.6) is 0 Å². The zero-order valence-electron chi connectivity index (χ0n) is 21.2. The number of hydrogen-bond acceptors (Lipinski definition) is 0. The molecule has 182 valence electrons. The summed E-state index contributed by atoms with van der Waals surface area (Å²) in [5, 5.41) is 0. The average molecular weight is 452 g/mol. The Bertz CT molecular complexity index is 456. The van der Waals surface area contributed by atoms with E-state index in [9.17, 15) is 0 Å². The van der Waals surface area contributed by atoms with Crippen LogP contribution < -0.4 is 17.0 Å². The van der Waals surface area contributed by atoms with E-state index in [4.69, 9.17) is 0 Å². The summed E-state index contributed by atoms with van der Waals surface area (Å²) in [7, 11) is 0. The van der Waals surface area contributed by atoms with Gasteiger partial charge in [-0.2, -0.15) is 0 Å². The lowest BCUT2D eigenvalue weighted by atomic mass is 10.0. The fourth-order valence-corrected chi connectivity index (χ4v) is 4.40. The lowest BCUT2D eigenvalue weighted by Gasteiger charge is -2.03. The Balaban J connectivity index is 0.00000900. The minimum Gasteiger partial charge on any atom is -1.00 e. The van der Waals surface area contributed by atoms with Crippen molar-refractivity contribution in [2.24, 2.45) is 0 Å². The Kier molecular flexibility index (Phi) is 23.7. The third-order valence-electron chi connectivity index (χ3n) is 6.55. The second-order valence-electron chi connectivity index (χ2n) is 9.56. The van der Waals surface area contributed by atoms with E-state index in [2.05, 4.69) is 42.9 Å². The highest BCUT2D eigenvalue weighted by atomic mass is 35.5. The highest BCUT2D eigenvalue weighted by Crippen LogP contribution is 2.13. The van der Waals surface area contributed by atoms with Crippen molar-refractivity contribution in [1.82, 2.24) is 0 Å². The first-order chi connectivity index (χ1) is 14.9. The number of aryl methyl sites for hydroxylation is 2. The van der Waals surface area contributed by atoms with E-state index >= 15 is 0 Å². The van der Waals surface area contributed by atoms with Crippen LogP contribution in [0.1, 0.15) is 148 Å². The van der Waals surface area contributed by atoms with E-state index < -0.39 is 0 Å². The normalized spacial score (nSPS) is 10.9. The van der Waals surface area contributed by atoms with E-state index in [-0.39, 0.29) is 12.4 Å². The number of unbranched alkanes of at least 4 members (excludes halogenated alkanes) is 18. The molecule has 0 saturated carbocycles.